The molecule has 1 aromatic carbocycles. The summed E-state index contributed by atoms with van der Waals surface area (Å²) in [6, 6.07) is 6.11. The molecule has 28 heavy (non-hydrogen) atoms. The summed E-state index contributed by atoms with van der Waals surface area (Å²) in [6.07, 6.45) is -0.298. The van der Waals surface area contributed by atoms with Crippen LogP contribution in [0.1, 0.15) is 46.2 Å². The predicted octanol–water partition coefficient (Wildman–Crippen LogP) is 3.21. The normalized spacial score (nSPS) is 21.6. The Morgan fingerprint density at radius 1 is 1.21 bits per heavy atom. The molecule has 0 radical (unpaired) electrons. The Bertz CT molecular complexity index is 888. The van der Waals surface area contributed by atoms with E-state index < -0.39 is 18.0 Å². The van der Waals surface area contributed by atoms with Crippen molar-refractivity contribution in [3.05, 3.63) is 41.1 Å². The largest absolute Gasteiger partial charge is 0.459 e. The lowest BCUT2D eigenvalue weighted by atomic mass is 9.94. The van der Waals surface area contributed by atoms with Crippen molar-refractivity contribution in [2.75, 3.05) is 0 Å². The minimum atomic E-state index is -0.643. The first-order chi connectivity index (χ1) is 13.2. The van der Waals surface area contributed by atoms with Gasteiger partial charge in [0.25, 0.3) is 0 Å². The summed E-state index contributed by atoms with van der Waals surface area (Å²) in [5, 5.41) is 0.292. The third-order valence-corrected chi connectivity index (χ3v) is 5.33. The SMILES string of the molecule is CC(=O)Oc1ccc([C@H]2C(C(=O)OC(C)C)=C(C)N=C3S[C@H](C)C(=O)N32)cc1. The van der Waals surface area contributed by atoms with E-state index in [1.807, 2.05) is 6.92 Å². The van der Waals surface area contributed by atoms with Crippen LogP contribution < -0.4 is 4.74 Å². The molecule has 0 aromatic heterocycles. The molecule has 0 unspecified atom stereocenters. The molecule has 2 heterocycles. The highest BCUT2D eigenvalue weighted by molar-refractivity contribution is 8.15. The Hall–Kier alpha value is -2.61. The predicted molar refractivity (Wildman–Crippen MR) is 106 cm³/mol. The molecule has 1 fully saturated rings. The fourth-order valence-corrected chi connectivity index (χ4v) is 4.17. The van der Waals surface area contributed by atoms with Gasteiger partial charge in [0.1, 0.15) is 5.75 Å². The number of allylic oxidation sites excluding steroid dienone is 1. The second-order valence-corrected chi connectivity index (χ2v) is 8.19. The zero-order chi connectivity index (χ0) is 20.6. The molecule has 0 bridgehead atoms. The number of amides is 1. The van der Waals surface area contributed by atoms with Gasteiger partial charge in [-0.15, -0.1) is 0 Å². The van der Waals surface area contributed by atoms with Crippen molar-refractivity contribution < 1.29 is 23.9 Å². The van der Waals surface area contributed by atoms with Gasteiger partial charge in [-0.2, -0.15) is 0 Å². The average Bonchev–Trinajstić information content (AvgIpc) is 2.87. The zero-order valence-electron chi connectivity index (χ0n) is 16.4. The summed E-state index contributed by atoms with van der Waals surface area (Å²) in [4.78, 5) is 42.8. The highest BCUT2D eigenvalue weighted by Crippen LogP contribution is 2.43. The van der Waals surface area contributed by atoms with Crippen molar-refractivity contribution in [3.8, 4) is 5.75 Å². The van der Waals surface area contributed by atoms with E-state index in [0.717, 1.165) is 0 Å². The standard InChI is InChI=1S/C20H22N2O5S/c1-10(2)26-19(25)16-11(3)21-20-22(18(24)12(4)28-20)17(16)14-6-8-15(9-7-14)27-13(5)23/h6-10,12,17H,1-5H3/t12-,17+/m1/s1. The van der Waals surface area contributed by atoms with E-state index in [1.165, 1.54) is 18.7 Å². The molecule has 2 aliphatic rings. The second kappa shape index (κ2) is 7.79. The molecule has 2 atom stereocenters. The van der Waals surface area contributed by atoms with E-state index >= 15 is 0 Å². The monoisotopic (exact) mass is 402 g/mol. The number of esters is 2. The quantitative estimate of drug-likeness (QED) is 0.568. The Morgan fingerprint density at radius 3 is 2.43 bits per heavy atom. The lowest BCUT2D eigenvalue weighted by Gasteiger charge is -2.33. The molecule has 0 aliphatic carbocycles. The van der Waals surface area contributed by atoms with Crippen LogP contribution >= 0.6 is 11.8 Å². The van der Waals surface area contributed by atoms with Crippen molar-refractivity contribution in [3.63, 3.8) is 0 Å². The maximum absolute atomic E-state index is 12.8. The first-order valence-corrected chi connectivity index (χ1v) is 9.85. The maximum atomic E-state index is 12.8. The van der Waals surface area contributed by atoms with Gasteiger partial charge in [0.2, 0.25) is 5.91 Å². The molecular weight excluding hydrogens is 380 g/mol. The van der Waals surface area contributed by atoms with Crippen LogP contribution in [0.15, 0.2) is 40.5 Å². The fourth-order valence-electron chi connectivity index (χ4n) is 3.14. The van der Waals surface area contributed by atoms with Crippen LogP contribution in [0.2, 0.25) is 0 Å². The number of carbonyl (C=O) groups excluding carboxylic acids is 3. The van der Waals surface area contributed by atoms with Crippen LogP contribution in [-0.2, 0) is 19.1 Å². The van der Waals surface area contributed by atoms with Gasteiger partial charge in [0.05, 0.1) is 28.7 Å². The fraction of sp³-hybridized carbons (Fsp3) is 0.400. The molecule has 0 N–H and O–H groups in total. The molecule has 1 aromatic rings. The smallest absolute Gasteiger partial charge is 0.338 e. The number of aliphatic imine (C=N–C) groups is 1. The Morgan fingerprint density at radius 2 is 1.86 bits per heavy atom. The minimum absolute atomic E-state index is 0.111. The number of nitrogens with zero attached hydrogens (tertiary/aromatic N) is 2. The van der Waals surface area contributed by atoms with Gasteiger partial charge in [-0.05, 0) is 45.4 Å². The van der Waals surface area contributed by atoms with Gasteiger partial charge in [0, 0.05) is 6.92 Å². The Kier molecular flexibility index (Phi) is 5.60. The van der Waals surface area contributed by atoms with Gasteiger partial charge < -0.3 is 9.47 Å². The molecule has 0 saturated carbocycles. The topological polar surface area (TPSA) is 85.3 Å². The van der Waals surface area contributed by atoms with Crippen LogP contribution in [0.5, 0.6) is 5.75 Å². The van der Waals surface area contributed by atoms with E-state index in [1.54, 1.807) is 49.9 Å². The van der Waals surface area contributed by atoms with Crippen LogP contribution in [0.3, 0.4) is 0 Å². The summed E-state index contributed by atoms with van der Waals surface area (Å²) >= 11 is 1.37. The van der Waals surface area contributed by atoms with Crippen LogP contribution in [0.25, 0.3) is 0 Å². The summed E-state index contributed by atoms with van der Waals surface area (Å²) < 4.78 is 10.5. The molecule has 148 valence electrons. The van der Waals surface area contributed by atoms with E-state index in [-0.39, 0.29) is 17.3 Å². The lowest BCUT2D eigenvalue weighted by molar-refractivity contribution is -0.143. The third-order valence-electron chi connectivity index (χ3n) is 4.28. The van der Waals surface area contributed by atoms with Crippen molar-refractivity contribution in [2.45, 2.75) is 52.0 Å². The molecule has 2 aliphatic heterocycles. The highest BCUT2D eigenvalue weighted by Gasteiger charge is 2.46. The number of rotatable bonds is 4. The molecule has 8 heteroatoms. The highest BCUT2D eigenvalue weighted by atomic mass is 32.2. The van der Waals surface area contributed by atoms with Gasteiger partial charge >= 0.3 is 11.9 Å². The van der Waals surface area contributed by atoms with Crippen molar-refractivity contribution >= 4 is 34.8 Å². The number of hydrogen-bond donors (Lipinski definition) is 0. The number of hydrogen-bond acceptors (Lipinski definition) is 7. The first kappa shape index (κ1) is 20.1. The Labute approximate surface area is 167 Å². The first-order valence-electron chi connectivity index (χ1n) is 8.97. The molecule has 1 saturated heterocycles. The molecule has 0 spiro atoms. The summed E-state index contributed by atoms with van der Waals surface area (Å²) in [5.74, 6) is -0.637. The van der Waals surface area contributed by atoms with E-state index in [0.29, 0.717) is 27.8 Å². The van der Waals surface area contributed by atoms with Crippen molar-refractivity contribution in [1.29, 1.82) is 0 Å². The second-order valence-electron chi connectivity index (χ2n) is 6.88. The maximum Gasteiger partial charge on any atom is 0.338 e. The van der Waals surface area contributed by atoms with Gasteiger partial charge in [-0.3, -0.25) is 14.5 Å². The molecule has 1 amide bonds. The van der Waals surface area contributed by atoms with Gasteiger partial charge in [-0.1, -0.05) is 23.9 Å². The average molecular weight is 402 g/mol. The van der Waals surface area contributed by atoms with E-state index in [9.17, 15) is 14.4 Å². The van der Waals surface area contributed by atoms with Crippen molar-refractivity contribution in [1.82, 2.24) is 4.90 Å². The molecular formula is C20H22N2O5S. The van der Waals surface area contributed by atoms with E-state index in [4.69, 9.17) is 9.47 Å². The number of benzene rings is 1. The summed E-state index contributed by atoms with van der Waals surface area (Å²) in [5.41, 5.74) is 1.57. The van der Waals surface area contributed by atoms with Crippen LogP contribution in [0, 0.1) is 0 Å². The van der Waals surface area contributed by atoms with Crippen LogP contribution in [0.4, 0.5) is 0 Å². The zero-order valence-corrected chi connectivity index (χ0v) is 17.2. The number of ether oxygens (including phenoxy) is 2. The molecule has 3 rings (SSSR count). The third kappa shape index (κ3) is 3.82. The summed E-state index contributed by atoms with van der Waals surface area (Å²) in [6.45, 7) is 8.43. The molecule has 7 nitrogen and oxygen atoms in total. The van der Waals surface area contributed by atoms with Gasteiger partial charge in [0.15, 0.2) is 5.17 Å². The van der Waals surface area contributed by atoms with Gasteiger partial charge in [-0.25, -0.2) is 9.79 Å². The number of fused-ring (bicyclic) bond motifs is 1. The lowest BCUT2D eigenvalue weighted by Crippen LogP contribution is -2.40. The number of thioether (sulfide) groups is 1. The number of carbonyl (C=O) groups is 3. The number of amidine groups is 1. The van der Waals surface area contributed by atoms with Crippen LogP contribution in [-0.4, -0.2) is 39.3 Å². The Balaban J connectivity index is 2.06. The van der Waals surface area contributed by atoms with E-state index in [2.05, 4.69) is 4.99 Å². The van der Waals surface area contributed by atoms with Crippen molar-refractivity contribution in [2.24, 2.45) is 4.99 Å². The minimum Gasteiger partial charge on any atom is -0.459 e. The summed E-state index contributed by atoms with van der Waals surface area (Å²) in [7, 11) is 0.